The van der Waals surface area contributed by atoms with Gasteiger partial charge in [-0.1, -0.05) is 90.5 Å². The Morgan fingerprint density at radius 2 is 1.38 bits per heavy atom. The zero-order chi connectivity index (χ0) is 32.6. The molecule has 236 valence electrons. The summed E-state index contributed by atoms with van der Waals surface area (Å²) in [4.78, 5) is 30.1. The van der Waals surface area contributed by atoms with Crippen LogP contribution in [0.1, 0.15) is 37.5 Å². The molecular weight excluding hydrogens is 586 g/mol. The summed E-state index contributed by atoms with van der Waals surface area (Å²) >= 11 is 0. The van der Waals surface area contributed by atoms with Crippen molar-refractivity contribution in [3.05, 3.63) is 126 Å². The van der Waals surface area contributed by atoms with E-state index in [1.54, 1.807) is 42.5 Å². The second kappa shape index (κ2) is 14.4. The molecule has 1 N–H and O–H groups in total. The van der Waals surface area contributed by atoms with Crippen molar-refractivity contribution < 1.29 is 22.7 Å². The van der Waals surface area contributed by atoms with E-state index in [1.165, 1.54) is 24.1 Å². The van der Waals surface area contributed by atoms with E-state index in [-0.39, 0.29) is 29.5 Å². The van der Waals surface area contributed by atoms with Crippen LogP contribution in [0.25, 0.3) is 0 Å². The minimum atomic E-state index is -4.22. The molecule has 9 heteroatoms. The monoisotopic (exact) mass is 627 g/mol. The summed E-state index contributed by atoms with van der Waals surface area (Å²) in [6.45, 7) is 7.16. The third kappa shape index (κ3) is 8.73. The van der Waals surface area contributed by atoms with Gasteiger partial charge in [-0.2, -0.15) is 0 Å². The Morgan fingerprint density at radius 1 is 0.800 bits per heavy atom. The summed E-state index contributed by atoms with van der Waals surface area (Å²) in [6, 6.07) is 30.9. The molecule has 1 atom stereocenters. The SMILES string of the molecule is COc1ccccc1N(CC(=O)N(Cc1ccc(C)cc1)[C@@H](Cc1ccccc1)C(=O)NC(C)(C)C)S(=O)(=O)c1ccccc1. The van der Waals surface area contributed by atoms with Gasteiger partial charge in [-0.3, -0.25) is 13.9 Å². The molecule has 45 heavy (non-hydrogen) atoms. The average molecular weight is 628 g/mol. The summed E-state index contributed by atoms with van der Waals surface area (Å²) in [7, 11) is -2.77. The standard InChI is InChI=1S/C36H41N3O5S/c1-27-20-22-29(23-21-27)25-38(32(35(41)37-36(2,3)4)24-28-14-8-6-9-15-28)34(40)26-39(31-18-12-13-19-33(31)44-5)45(42,43)30-16-10-7-11-17-30/h6-23,32H,24-26H2,1-5H3,(H,37,41)/t32-/m0/s1. The number of benzene rings is 4. The Hall–Kier alpha value is -4.63. The number of carbonyl (C=O) groups excluding carboxylic acids is 2. The molecule has 4 rings (SSSR count). The van der Waals surface area contributed by atoms with Crippen LogP contribution in [0.5, 0.6) is 5.75 Å². The smallest absolute Gasteiger partial charge is 0.264 e. The maximum Gasteiger partial charge on any atom is 0.264 e. The average Bonchev–Trinajstić information content (AvgIpc) is 3.02. The van der Waals surface area contributed by atoms with Crippen LogP contribution in [0, 0.1) is 6.92 Å². The lowest BCUT2D eigenvalue weighted by Gasteiger charge is -2.35. The van der Waals surface area contributed by atoms with Crippen molar-refractivity contribution in [1.82, 2.24) is 10.2 Å². The molecule has 4 aromatic carbocycles. The normalized spacial score (nSPS) is 12.2. The molecule has 0 saturated heterocycles. The molecule has 0 unspecified atom stereocenters. The minimum Gasteiger partial charge on any atom is -0.495 e. The third-order valence-electron chi connectivity index (χ3n) is 7.21. The van der Waals surface area contributed by atoms with E-state index in [1.807, 2.05) is 82.3 Å². The van der Waals surface area contributed by atoms with Crippen LogP contribution in [-0.2, 0) is 32.6 Å². The lowest BCUT2D eigenvalue weighted by Crippen LogP contribution is -2.56. The first-order valence-corrected chi connectivity index (χ1v) is 16.2. The minimum absolute atomic E-state index is 0.0279. The van der Waals surface area contributed by atoms with Crippen molar-refractivity contribution in [3.63, 3.8) is 0 Å². The number of carbonyl (C=O) groups is 2. The highest BCUT2D eigenvalue weighted by Crippen LogP contribution is 2.32. The van der Waals surface area contributed by atoms with Gasteiger partial charge in [0.1, 0.15) is 18.3 Å². The highest BCUT2D eigenvalue weighted by Gasteiger charge is 2.36. The molecule has 0 bridgehead atoms. The number of para-hydroxylation sites is 2. The molecule has 2 amide bonds. The fourth-order valence-corrected chi connectivity index (χ4v) is 6.41. The van der Waals surface area contributed by atoms with E-state index in [2.05, 4.69) is 5.32 Å². The Bertz CT molecular complexity index is 1690. The summed E-state index contributed by atoms with van der Waals surface area (Å²) in [5.74, 6) is -0.575. The second-order valence-corrected chi connectivity index (χ2v) is 13.8. The summed E-state index contributed by atoms with van der Waals surface area (Å²) in [5.41, 5.74) is 2.38. The molecule has 0 saturated carbocycles. The van der Waals surface area contributed by atoms with Gasteiger partial charge in [0.05, 0.1) is 17.7 Å². The predicted molar refractivity (Wildman–Crippen MR) is 178 cm³/mol. The molecule has 8 nitrogen and oxygen atoms in total. The highest BCUT2D eigenvalue weighted by molar-refractivity contribution is 7.92. The van der Waals surface area contributed by atoms with Gasteiger partial charge < -0.3 is 15.0 Å². The Morgan fingerprint density at radius 3 is 1.98 bits per heavy atom. The van der Waals surface area contributed by atoms with Gasteiger partial charge in [-0.05, 0) is 63.1 Å². The Kier molecular flexibility index (Phi) is 10.7. The highest BCUT2D eigenvalue weighted by atomic mass is 32.2. The van der Waals surface area contributed by atoms with E-state index in [0.29, 0.717) is 5.75 Å². The molecule has 4 aromatic rings. The van der Waals surface area contributed by atoms with Crippen molar-refractivity contribution >= 4 is 27.5 Å². The quantitative estimate of drug-likeness (QED) is 0.216. The third-order valence-corrected chi connectivity index (χ3v) is 8.98. The summed E-state index contributed by atoms with van der Waals surface area (Å²) in [6.07, 6.45) is 0.237. The lowest BCUT2D eigenvalue weighted by molar-refractivity contribution is -0.140. The molecule has 0 aliphatic rings. The topological polar surface area (TPSA) is 96.0 Å². The number of nitrogens with zero attached hydrogens (tertiary/aromatic N) is 2. The molecule has 0 aliphatic heterocycles. The predicted octanol–water partition coefficient (Wildman–Crippen LogP) is 5.75. The van der Waals surface area contributed by atoms with Gasteiger partial charge in [-0.25, -0.2) is 8.42 Å². The van der Waals surface area contributed by atoms with Gasteiger partial charge in [0.15, 0.2) is 0 Å². The van der Waals surface area contributed by atoms with Gasteiger partial charge in [0.25, 0.3) is 10.0 Å². The number of rotatable bonds is 12. The molecule has 0 heterocycles. The van der Waals surface area contributed by atoms with E-state index in [4.69, 9.17) is 4.74 Å². The van der Waals surface area contributed by atoms with Crippen LogP contribution >= 0.6 is 0 Å². The zero-order valence-corrected chi connectivity index (χ0v) is 27.3. The fourth-order valence-electron chi connectivity index (χ4n) is 4.97. The number of aryl methyl sites for hydroxylation is 1. The van der Waals surface area contributed by atoms with Crippen molar-refractivity contribution in [2.45, 2.75) is 57.1 Å². The van der Waals surface area contributed by atoms with Crippen LogP contribution in [0.3, 0.4) is 0 Å². The summed E-state index contributed by atoms with van der Waals surface area (Å²) in [5, 5.41) is 3.04. The van der Waals surface area contributed by atoms with Gasteiger partial charge in [0.2, 0.25) is 11.8 Å². The number of sulfonamides is 1. The van der Waals surface area contributed by atoms with Crippen LogP contribution in [0.15, 0.2) is 114 Å². The van der Waals surface area contributed by atoms with E-state index in [9.17, 15) is 18.0 Å². The fraction of sp³-hybridized carbons (Fsp3) is 0.278. The van der Waals surface area contributed by atoms with Gasteiger partial charge in [0, 0.05) is 18.5 Å². The van der Waals surface area contributed by atoms with Crippen LogP contribution in [-0.4, -0.2) is 50.4 Å². The molecule has 0 radical (unpaired) electrons. The molecule has 0 aliphatic carbocycles. The Labute approximate surface area is 266 Å². The van der Waals surface area contributed by atoms with Crippen molar-refractivity contribution in [2.75, 3.05) is 18.0 Å². The first-order chi connectivity index (χ1) is 21.4. The molecule has 0 fully saturated rings. The van der Waals surface area contributed by atoms with Crippen LogP contribution in [0.2, 0.25) is 0 Å². The van der Waals surface area contributed by atoms with Gasteiger partial charge >= 0.3 is 0 Å². The van der Waals surface area contributed by atoms with E-state index in [0.717, 1.165) is 21.0 Å². The van der Waals surface area contributed by atoms with Crippen molar-refractivity contribution in [3.8, 4) is 5.75 Å². The lowest BCUT2D eigenvalue weighted by atomic mass is 10.0. The first kappa shape index (κ1) is 33.3. The number of methoxy groups -OCH3 is 1. The number of anilines is 1. The Balaban J connectivity index is 1.83. The van der Waals surface area contributed by atoms with Crippen LogP contribution < -0.4 is 14.4 Å². The maximum atomic E-state index is 14.6. The van der Waals surface area contributed by atoms with Crippen LogP contribution in [0.4, 0.5) is 5.69 Å². The molecular formula is C36H41N3O5S. The zero-order valence-electron chi connectivity index (χ0n) is 26.4. The summed E-state index contributed by atoms with van der Waals surface area (Å²) < 4.78 is 34.9. The second-order valence-electron chi connectivity index (χ2n) is 11.9. The van der Waals surface area contributed by atoms with Crippen molar-refractivity contribution in [1.29, 1.82) is 0 Å². The molecule has 0 spiro atoms. The molecule has 0 aromatic heterocycles. The number of ether oxygens (including phenoxy) is 1. The number of amides is 2. The largest absolute Gasteiger partial charge is 0.495 e. The number of hydrogen-bond acceptors (Lipinski definition) is 5. The maximum absolute atomic E-state index is 14.6. The number of hydrogen-bond donors (Lipinski definition) is 1. The number of nitrogens with one attached hydrogen (secondary N) is 1. The first-order valence-electron chi connectivity index (χ1n) is 14.8. The van der Waals surface area contributed by atoms with E-state index < -0.39 is 34.1 Å². The van der Waals surface area contributed by atoms with E-state index >= 15 is 0 Å². The van der Waals surface area contributed by atoms with Gasteiger partial charge in [-0.15, -0.1) is 0 Å². The van der Waals surface area contributed by atoms with Crippen molar-refractivity contribution in [2.24, 2.45) is 0 Å².